The molecule has 18 heavy (non-hydrogen) atoms. The molecule has 1 aromatic carbocycles. The molecule has 0 aliphatic heterocycles. The van der Waals surface area contributed by atoms with Crippen LogP contribution < -0.4 is 4.18 Å². The van der Waals surface area contributed by atoms with Gasteiger partial charge in [-0.05, 0) is 18.2 Å². The number of nitriles is 2. The van der Waals surface area contributed by atoms with E-state index in [1.165, 1.54) is 6.07 Å². The summed E-state index contributed by atoms with van der Waals surface area (Å²) in [5.41, 5.74) is -6.08. The molecule has 0 amide bonds. The van der Waals surface area contributed by atoms with Gasteiger partial charge < -0.3 is 4.18 Å². The van der Waals surface area contributed by atoms with Crippen molar-refractivity contribution in [3.8, 4) is 17.9 Å². The fraction of sp³-hybridized carbons (Fsp3) is 0.111. The molecule has 0 N–H and O–H groups in total. The maximum absolute atomic E-state index is 12.1. The Hall–Kier alpha value is -2.26. The summed E-state index contributed by atoms with van der Waals surface area (Å²) in [6.07, 6.45) is 0. The van der Waals surface area contributed by atoms with Crippen LogP contribution in [0.25, 0.3) is 0 Å². The van der Waals surface area contributed by atoms with Gasteiger partial charge in [-0.2, -0.15) is 32.1 Å². The average Bonchev–Trinajstić information content (AvgIpc) is 2.27. The van der Waals surface area contributed by atoms with Crippen molar-refractivity contribution in [1.82, 2.24) is 0 Å². The van der Waals surface area contributed by atoms with Crippen LogP contribution >= 0.6 is 0 Å². The molecule has 0 fully saturated rings. The molecule has 1 rings (SSSR count). The number of alkyl halides is 3. The molecule has 0 unspecified atom stereocenters. The largest absolute Gasteiger partial charge is 0.534 e. The van der Waals surface area contributed by atoms with Crippen LogP contribution in [0.5, 0.6) is 5.75 Å². The summed E-state index contributed by atoms with van der Waals surface area (Å²) in [5.74, 6) is -0.783. The van der Waals surface area contributed by atoms with Crippen molar-refractivity contribution in [2.45, 2.75) is 5.51 Å². The molecule has 0 heterocycles. The van der Waals surface area contributed by atoms with E-state index in [0.717, 1.165) is 18.2 Å². The maximum atomic E-state index is 12.1. The first kappa shape index (κ1) is 13.8. The Bertz CT molecular complexity index is 653. The van der Waals surface area contributed by atoms with Crippen LogP contribution in [-0.2, 0) is 10.1 Å². The zero-order valence-corrected chi connectivity index (χ0v) is 9.21. The lowest BCUT2D eigenvalue weighted by Crippen LogP contribution is -2.28. The highest BCUT2D eigenvalue weighted by atomic mass is 32.2. The SMILES string of the molecule is N#Cc1ccc(OS(=O)(=O)C(F)(F)F)c(C#N)c1. The van der Waals surface area contributed by atoms with Crippen molar-refractivity contribution in [3.05, 3.63) is 29.3 Å². The van der Waals surface area contributed by atoms with Crippen molar-refractivity contribution in [2.75, 3.05) is 0 Å². The molecule has 5 nitrogen and oxygen atoms in total. The first-order valence-electron chi connectivity index (χ1n) is 4.16. The third-order valence-electron chi connectivity index (χ3n) is 1.71. The highest BCUT2D eigenvalue weighted by Crippen LogP contribution is 2.29. The summed E-state index contributed by atoms with van der Waals surface area (Å²) in [6, 6.07) is 5.83. The van der Waals surface area contributed by atoms with Crippen LogP contribution in [0.15, 0.2) is 18.2 Å². The lowest BCUT2D eigenvalue weighted by molar-refractivity contribution is -0.0500. The number of hydrogen-bond donors (Lipinski definition) is 0. The predicted octanol–water partition coefficient (Wildman–Crippen LogP) is 1.66. The van der Waals surface area contributed by atoms with Crippen molar-refractivity contribution >= 4 is 10.1 Å². The molecule has 0 aromatic heterocycles. The van der Waals surface area contributed by atoms with E-state index in [-0.39, 0.29) is 5.56 Å². The van der Waals surface area contributed by atoms with Gasteiger partial charge in [0.15, 0.2) is 5.75 Å². The van der Waals surface area contributed by atoms with Gasteiger partial charge in [-0.25, -0.2) is 0 Å². The number of hydrogen-bond acceptors (Lipinski definition) is 5. The summed E-state index contributed by atoms with van der Waals surface area (Å²) in [6.45, 7) is 0. The molecule has 0 spiro atoms. The summed E-state index contributed by atoms with van der Waals surface area (Å²) in [7, 11) is -5.84. The molecular formula is C9H3F3N2O3S. The highest BCUT2D eigenvalue weighted by molar-refractivity contribution is 7.88. The van der Waals surface area contributed by atoms with E-state index in [4.69, 9.17) is 10.5 Å². The quantitative estimate of drug-likeness (QED) is 0.605. The minimum absolute atomic E-state index is 0.0108. The van der Waals surface area contributed by atoms with Crippen molar-refractivity contribution in [3.63, 3.8) is 0 Å². The molecule has 1 aromatic rings. The van der Waals surface area contributed by atoms with Crippen LogP contribution in [-0.4, -0.2) is 13.9 Å². The normalized spacial score (nSPS) is 11.4. The third kappa shape index (κ3) is 2.70. The second kappa shape index (κ2) is 4.55. The Morgan fingerprint density at radius 1 is 1.17 bits per heavy atom. The lowest BCUT2D eigenvalue weighted by atomic mass is 10.1. The Morgan fingerprint density at radius 2 is 1.78 bits per heavy atom. The number of nitrogens with zero attached hydrogens (tertiary/aromatic N) is 2. The smallest absolute Gasteiger partial charge is 0.375 e. The van der Waals surface area contributed by atoms with Crippen LogP contribution in [0, 0.1) is 22.7 Å². The van der Waals surface area contributed by atoms with Crippen LogP contribution in [0.4, 0.5) is 13.2 Å². The van der Waals surface area contributed by atoms with Gasteiger partial charge >= 0.3 is 15.6 Å². The van der Waals surface area contributed by atoms with Gasteiger partial charge in [-0.1, -0.05) is 0 Å². The van der Waals surface area contributed by atoms with E-state index in [2.05, 4.69) is 4.18 Å². The van der Waals surface area contributed by atoms with E-state index in [1.54, 1.807) is 6.07 Å². The Balaban J connectivity index is 3.23. The molecule has 94 valence electrons. The fourth-order valence-electron chi connectivity index (χ4n) is 0.925. The van der Waals surface area contributed by atoms with Crippen LogP contribution in [0.2, 0.25) is 0 Å². The topological polar surface area (TPSA) is 90.9 Å². The average molecular weight is 276 g/mol. The zero-order valence-electron chi connectivity index (χ0n) is 8.39. The minimum Gasteiger partial charge on any atom is -0.375 e. The van der Waals surface area contributed by atoms with Crippen molar-refractivity contribution in [2.24, 2.45) is 0 Å². The minimum atomic E-state index is -5.84. The van der Waals surface area contributed by atoms with Gasteiger partial charge in [0, 0.05) is 0 Å². The third-order valence-corrected chi connectivity index (χ3v) is 2.68. The molecule has 0 radical (unpaired) electrons. The van der Waals surface area contributed by atoms with Crippen molar-refractivity contribution in [1.29, 1.82) is 10.5 Å². The van der Waals surface area contributed by atoms with E-state index in [0.29, 0.717) is 0 Å². The fourth-order valence-corrected chi connectivity index (χ4v) is 1.40. The summed E-state index contributed by atoms with van der Waals surface area (Å²) in [5, 5.41) is 17.1. The van der Waals surface area contributed by atoms with Gasteiger partial charge in [-0.15, -0.1) is 0 Å². The second-order valence-electron chi connectivity index (χ2n) is 2.92. The van der Waals surface area contributed by atoms with E-state index in [9.17, 15) is 21.6 Å². The first-order valence-corrected chi connectivity index (χ1v) is 5.57. The van der Waals surface area contributed by atoms with Gasteiger partial charge in [0.05, 0.1) is 17.2 Å². The van der Waals surface area contributed by atoms with Gasteiger partial charge in [-0.3, -0.25) is 0 Å². The first-order chi connectivity index (χ1) is 8.21. The molecule has 0 bridgehead atoms. The standard InChI is InChI=1S/C9H3F3N2O3S/c10-9(11,12)18(15,16)17-8-2-1-6(4-13)3-7(8)5-14/h1-3H. The monoisotopic (exact) mass is 276 g/mol. The number of benzene rings is 1. The number of halogens is 3. The molecule has 9 heteroatoms. The Labute approximate surface area is 99.8 Å². The van der Waals surface area contributed by atoms with Gasteiger partial charge in [0.2, 0.25) is 0 Å². The predicted molar refractivity (Wildman–Crippen MR) is 51.5 cm³/mol. The lowest BCUT2D eigenvalue weighted by Gasteiger charge is -2.10. The molecular weight excluding hydrogens is 273 g/mol. The summed E-state index contributed by atoms with van der Waals surface area (Å²) in [4.78, 5) is 0. The van der Waals surface area contributed by atoms with Gasteiger partial charge in [0.1, 0.15) is 6.07 Å². The van der Waals surface area contributed by atoms with Gasteiger partial charge in [0.25, 0.3) is 0 Å². The molecule has 0 atom stereocenters. The Morgan fingerprint density at radius 3 is 2.22 bits per heavy atom. The van der Waals surface area contributed by atoms with E-state index < -0.39 is 26.9 Å². The van der Waals surface area contributed by atoms with E-state index in [1.807, 2.05) is 0 Å². The molecule has 0 saturated carbocycles. The molecule has 0 aliphatic carbocycles. The summed E-state index contributed by atoms with van der Waals surface area (Å²) >= 11 is 0. The van der Waals surface area contributed by atoms with E-state index >= 15 is 0 Å². The highest BCUT2D eigenvalue weighted by Gasteiger charge is 2.48. The van der Waals surface area contributed by atoms with Crippen LogP contribution in [0.1, 0.15) is 11.1 Å². The van der Waals surface area contributed by atoms with Crippen LogP contribution in [0.3, 0.4) is 0 Å². The van der Waals surface area contributed by atoms with Crippen molar-refractivity contribution < 1.29 is 25.8 Å². The maximum Gasteiger partial charge on any atom is 0.534 e. The Kier molecular flexibility index (Phi) is 3.49. The molecule has 0 saturated heterocycles. The summed E-state index contributed by atoms with van der Waals surface area (Å²) < 4.78 is 61.4. The molecule has 0 aliphatic rings. The second-order valence-corrected chi connectivity index (χ2v) is 4.46. The zero-order chi connectivity index (χ0) is 14.0. The number of rotatable bonds is 2.